The van der Waals surface area contributed by atoms with E-state index in [1.165, 1.54) is 0 Å². The minimum Gasteiger partial charge on any atom is -0.388 e. The maximum Gasteiger partial charge on any atom is 0.0793 e. The Morgan fingerprint density at radius 2 is 1.88 bits per heavy atom. The third kappa shape index (κ3) is 4.88. The standard InChI is InChI=1S/C15H24O2/c1-15(2,3)10-9-14(16)13-8-6-5-7-12(13)11-17-4/h5-8,14,16H,9-11H2,1-4H3. The Kier molecular flexibility index (Phi) is 5.16. The van der Waals surface area contributed by atoms with Crippen LogP contribution in [-0.4, -0.2) is 12.2 Å². The Balaban J connectivity index is 2.70. The van der Waals surface area contributed by atoms with E-state index in [1.54, 1.807) is 7.11 Å². The van der Waals surface area contributed by atoms with Gasteiger partial charge in [0.05, 0.1) is 12.7 Å². The van der Waals surface area contributed by atoms with E-state index in [0.717, 1.165) is 24.0 Å². The van der Waals surface area contributed by atoms with E-state index >= 15 is 0 Å². The SMILES string of the molecule is COCc1ccccc1C(O)CCC(C)(C)C. The molecule has 0 saturated carbocycles. The zero-order valence-electron chi connectivity index (χ0n) is 11.4. The molecule has 0 aliphatic rings. The summed E-state index contributed by atoms with van der Waals surface area (Å²) >= 11 is 0. The molecule has 1 N–H and O–H groups in total. The molecule has 2 nitrogen and oxygen atoms in total. The number of hydrogen-bond acceptors (Lipinski definition) is 2. The lowest BCUT2D eigenvalue weighted by molar-refractivity contribution is 0.140. The molecule has 0 aliphatic heterocycles. The van der Waals surface area contributed by atoms with Gasteiger partial charge in [-0.2, -0.15) is 0 Å². The Hall–Kier alpha value is -0.860. The van der Waals surface area contributed by atoms with Crippen molar-refractivity contribution in [3.63, 3.8) is 0 Å². The van der Waals surface area contributed by atoms with E-state index in [0.29, 0.717) is 6.61 Å². The van der Waals surface area contributed by atoms with Crippen molar-refractivity contribution in [1.82, 2.24) is 0 Å². The summed E-state index contributed by atoms with van der Waals surface area (Å²) in [7, 11) is 1.68. The summed E-state index contributed by atoms with van der Waals surface area (Å²) in [6.45, 7) is 7.14. The number of ether oxygens (including phenoxy) is 1. The van der Waals surface area contributed by atoms with Gasteiger partial charge in [0.15, 0.2) is 0 Å². The van der Waals surface area contributed by atoms with Crippen molar-refractivity contribution < 1.29 is 9.84 Å². The molecule has 0 heterocycles. The lowest BCUT2D eigenvalue weighted by Crippen LogP contribution is -2.09. The largest absolute Gasteiger partial charge is 0.388 e. The van der Waals surface area contributed by atoms with Crippen LogP contribution >= 0.6 is 0 Å². The molecule has 96 valence electrons. The van der Waals surface area contributed by atoms with Crippen LogP contribution in [0.25, 0.3) is 0 Å². The first kappa shape index (κ1) is 14.2. The molecule has 1 rings (SSSR count). The summed E-state index contributed by atoms with van der Waals surface area (Å²) in [4.78, 5) is 0. The second-order valence-electron chi connectivity index (χ2n) is 5.75. The monoisotopic (exact) mass is 236 g/mol. The maximum atomic E-state index is 10.2. The molecule has 0 amide bonds. The normalized spacial score (nSPS) is 13.7. The zero-order chi connectivity index (χ0) is 12.9. The van der Waals surface area contributed by atoms with Gasteiger partial charge >= 0.3 is 0 Å². The first-order valence-corrected chi connectivity index (χ1v) is 6.19. The minimum atomic E-state index is -0.388. The van der Waals surface area contributed by atoms with Gasteiger partial charge in [0.1, 0.15) is 0 Å². The summed E-state index contributed by atoms with van der Waals surface area (Å²) in [6, 6.07) is 7.95. The first-order valence-electron chi connectivity index (χ1n) is 6.19. The number of benzene rings is 1. The smallest absolute Gasteiger partial charge is 0.0793 e. The number of rotatable bonds is 5. The van der Waals surface area contributed by atoms with Crippen LogP contribution in [0.4, 0.5) is 0 Å². The third-order valence-corrected chi connectivity index (χ3v) is 2.88. The Morgan fingerprint density at radius 3 is 2.47 bits per heavy atom. The number of aliphatic hydroxyl groups excluding tert-OH is 1. The number of methoxy groups -OCH3 is 1. The molecule has 17 heavy (non-hydrogen) atoms. The van der Waals surface area contributed by atoms with Gasteiger partial charge in [0, 0.05) is 7.11 Å². The fourth-order valence-electron chi connectivity index (χ4n) is 1.87. The van der Waals surface area contributed by atoms with E-state index < -0.39 is 0 Å². The fraction of sp³-hybridized carbons (Fsp3) is 0.600. The van der Waals surface area contributed by atoms with Crippen LogP contribution in [0.5, 0.6) is 0 Å². The molecule has 0 fully saturated rings. The highest BCUT2D eigenvalue weighted by molar-refractivity contribution is 5.28. The van der Waals surface area contributed by atoms with Crippen molar-refractivity contribution in [2.45, 2.75) is 46.3 Å². The Labute approximate surface area is 105 Å². The summed E-state index contributed by atoms with van der Waals surface area (Å²) < 4.78 is 5.15. The van der Waals surface area contributed by atoms with Gasteiger partial charge in [-0.15, -0.1) is 0 Å². The van der Waals surface area contributed by atoms with Crippen LogP contribution < -0.4 is 0 Å². The van der Waals surface area contributed by atoms with Gasteiger partial charge in [-0.3, -0.25) is 0 Å². The molecule has 2 heteroatoms. The van der Waals surface area contributed by atoms with Crippen LogP contribution in [-0.2, 0) is 11.3 Å². The zero-order valence-corrected chi connectivity index (χ0v) is 11.4. The second-order valence-corrected chi connectivity index (χ2v) is 5.75. The Morgan fingerprint density at radius 1 is 1.24 bits per heavy atom. The summed E-state index contributed by atoms with van der Waals surface area (Å²) in [5.74, 6) is 0. The van der Waals surface area contributed by atoms with Gasteiger partial charge in [0.2, 0.25) is 0 Å². The molecular weight excluding hydrogens is 212 g/mol. The van der Waals surface area contributed by atoms with E-state index in [4.69, 9.17) is 4.74 Å². The van der Waals surface area contributed by atoms with E-state index in [9.17, 15) is 5.11 Å². The highest BCUT2D eigenvalue weighted by Gasteiger charge is 2.16. The minimum absolute atomic E-state index is 0.261. The fourth-order valence-corrected chi connectivity index (χ4v) is 1.87. The quantitative estimate of drug-likeness (QED) is 0.844. The molecule has 0 radical (unpaired) electrons. The van der Waals surface area contributed by atoms with Crippen LogP contribution in [0.1, 0.15) is 50.8 Å². The topological polar surface area (TPSA) is 29.5 Å². The van der Waals surface area contributed by atoms with Gasteiger partial charge in [0.25, 0.3) is 0 Å². The van der Waals surface area contributed by atoms with Gasteiger partial charge in [-0.25, -0.2) is 0 Å². The highest BCUT2D eigenvalue weighted by Crippen LogP contribution is 2.28. The molecule has 0 saturated heterocycles. The molecule has 1 atom stereocenters. The van der Waals surface area contributed by atoms with E-state index in [2.05, 4.69) is 20.8 Å². The molecule has 1 aromatic rings. The predicted molar refractivity (Wildman–Crippen MR) is 70.8 cm³/mol. The van der Waals surface area contributed by atoms with Gasteiger partial charge in [-0.05, 0) is 29.4 Å². The van der Waals surface area contributed by atoms with Crippen molar-refractivity contribution >= 4 is 0 Å². The average Bonchev–Trinajstić information content (AvgIpc) is 2.26. The molecule has 0 bridgehead atoms. The highest BCUT2D eigenvalue weighted by atomic mass is 16.5. The van der Waals surface area contributed by atoms with E-state index in [1.807, 2.05) is 24.3 Å². The lowest BCUT2D eigenvalue weighted by atomic mass is 9.87. The maximum absolute atomic E-state index is 10.2. The number of hydrogen-bond donors (Lipinski definition) is 1. The van der Waals surface area contributed by atoms with Crippen molar-refractivity contribution in [1.29, 1.82) is 0 Å². The molecule has 1 unspecified atom stereocenters. The van der Waals surface area contributed by atoms with E-state index in [-0.39, 0.29) is 11.5 Å². The van der Waals surface area contributed by atoms with Crippen LogP contribution in [0.15, 0.2) is 24.3 Å². The van der Waals surface area contributed by atoms with Crippen LogP contribution in [0.2, 0.25) is 0 Å². The summed E-state index contributed by atoms with van der Waals surface area (Å²) in [6.07, 6.45) is 1.42. The van der Waals surface area contributed by atoms with Crippen molar-refractivity contribution in [2.75, 3.05) is 7.11 Å². The lowest BCUT2D eigenvalue weighted by Gasteiger charge is -2.21. The van der Waals surface area contributed by atoms with Crippen LogP contribution in [0, 0.1) is 5.41 Å². The van der Waals surface area contributed by atoms with Gasteiger partial charge in [-0.1, -0.05) is 45.0 Å². The second kappa shape index (κ2) is 6.18. The first-order chi connectivity index (χ1) is 7.94. The Bertz CT molecular complexity index is 339. The van der Waals surface area contributed by atoms with Gasteiger partial charge < -0.3 is 9.84 Å². The summed E-state index contributed by atoms with van der Waals surface area (Å²) in [5, 5.41) is 10.2. The molecule has 0 aromatic heterocycles. The third-order valence-electron chi connectivity index (χ3n) is 2.88. The molecule has 0 aliphatic carbocycles. The predicted octanol–water partition coefficient (Wildman–Crippen LogP) is 3.69. The van der Waals surface area contributed by atoms with Crippen LogP contribution in [0.3, 0.4) is 0 Å². The van der Waals surface area contributed by atoms with Crippen molar-refractivity contribution in [3.8, 4) is 0 Å². The van der Waals surface area contributed by atoms with Crippen molar-refractivity contribution in [3.05, 3.63) is 35.4 Å². The number of aliphatic hydroxyl groups is 1. The molecule has 1 aromatic carbocycles. The van der Waals surface area contributed by atoms with Crippen molar-refractivity contribution in [2.24, 2.45) is 5.41 Å². The molecule has 0 spiro atoms. The summed E-state index contributed by atoms with van der Waals surface area (Å²) in [5.41, 5.74) is 2.34. The average molecular weight is 236 g/mol. The molecular formula is C15H24O2.